The second kappa shape index (κ2) is 8.18. The van der Waals surface area contributed by atoms with Gasteiger partial charge in [-0.05, 0) is 18.9 Å². The maximum absolute atomic E-state index is 12.4. The number of rotatable bonds is 3. The van der Waals surface area contributed by atoms with Crippen LogP contribution in [-0.4, -0.2) is 58.5 Å². The lowest BCUT2D eigenvalue weighted by Crippen LogP contribution is -2.55. The molecule has 3 amide bonds. The number of pyridine rings is 1. The van der Waals surface area contributed by atoms with E-state index in [4.69, 9.17) is 0 Å². The first-order valence-electron chi connectivity index (χ1n) is 9.12. The number of nitrogens with zero attached hydrogens (tertiary/aromatic N) is 3. The van der Waals surface area contributed by atoms with Crippen molar-refractivity contribution < 1.29 is 9.59 Å². The molecule has 1 aliphatic carbocycles. The van der Waals surface area contributed by atoms with Gasteiger partial charge in [0.1, 0.15) is 6.54 Å². The lowest BCUT2D eigenvalue weighted by molar-refractivity contribution is -0.133. The van der Waals surface area contributed by atoms with Crippen LogP contribution in [0, 0.1) is 0 Å². The Morgan fingerprint density at radius 1 is 1.00 bits per heavy atom. The van der Waals surface area contributed by atoms with E-state index in [9.17, 15) is 14.4 Å². The van der Waals surface area contributed by atoms with Gasteiger partial charge in [-0.3, -0.25) is 9.59 Å². The van der Waals surface area contributed by atoms with E-state index in [1.165, 1.54) is 29.9 Å². The van der Waals surface area contributed by atoms with Gasteiger partial charge in [-0.25, -0.2) is 4.79 Å². The lowest BCUT2D eigenvalue weighted by atomic mass is 9.96. The Bertz CT molecular complexity index is 658. The molecule has 2 fully saturated rings. The van der Waals surface area contributed by atoms with Gasteiger partial charge in [-0.2, -0.15) is 0 Å². The van der Waals surface area contributed by atoms with Gasteiger partial charge in [0.25, 0.3) is 5.56 Å². The first-order valence-corrected chi connectivity index (χ1v) is 9.12. The number of carbonyl (C=O) groups excluding carboxylic acids is 2. The summed E-state index contributed by atoms with van der Waals surface area (Å²) in [6, 6.07) is 5.12. The van der Waals surface area contributed by atoms with E-state index >= 15 is 0 Å². The largest absolute Gasteiger partial charge is 0.338 e. The van der Waals surface area contributed by atoms with E-state index in [0.717, 1.165) is 12.8 Å². The molecule has 0 unspecified atom stereocenters. The van der Waals surface area contributed by atoms with Crippen LogP contribution < -0.4 is 10.9 Å². The molecule has 2 heterocycles. The highest BCUT2D eigenvalue weighted by atomic mass is 16.2. The molecule has 25 heavy (non-hydrogen) atoms. The predicted molar refractivity (Wildman–Crippen MR) is 94.3 cm³/mol. The van der Waals surface area contributed by atoms with Crippen molar-refractivity contribution in [3.8, 4) is 0 Å². The standard InChI is InChI=1S/C18H26N4O3/c23-16-8-4-5-9-22(16)14-17(24)20-10-12-21(13-11-20)18(25)19-15-6-2-1-3-7-15/h4-5,8-9,15H,1-3,6-7,10-14H2,(H,19,25). The molecule has 7 nitrogen and oxygen atoms in total. The average molecular weight is 346 g/mol. The van der Waals surface area contributed by atoms with Gasteiger partial charge in [-0.1, -0.05) is 25.3 Å². The smallest absolute Gasteiger partial charge is 0.317 e. The van der Waals surface area contributed by atoms with E-state index in [1.54, 1.807) is 28.1 Å². The van der Waals surface area contributed by atoms with Crippen LogP contribution in [0.25, 0.3) is 0 Å². The number of hydrogen-bond acceptors (Lipinski definition) is 3. The minimum atomic E-state index is -0.179. The second-order valence-electron chi connectivity index (χ2n) is 6.82. The Morgan fingerprint density at radius 3 is 2.36 bits per heavy atom. The third-order valence-corrected chi connectivity index (χ3v) is 5.06. The molecule has 1 aromatic rings. The molecule has 0 spiro atoms. The molecule has 7 heteroatoms. The number of piperazine rings is 1. The molecule has 1 N–H and O–H groups in total. The maximum atomic E-state index is 12.4. The van der Waals surface area contributed by atoms with Crippen LogP contribution in [0.1, 0.15) is 32.1 Å². The molecule has 0 aromatic carbocycles. The summed E-state index contributed by atoms with van der Waals surface area (Å²) in [6.07, 6.45) is 7.38. The third kappa shape index (κ3) is 4.61. The van der Waals surface area contributed by atoms with E-state index in [2.05, 4.69) is 5.32 Å². The highest BCUT2D eigenvalue weighted by Gasteiger charge is 2.26. The van der Waals surface area contributed by atoms with E-state index in [0.29, 0.717) is 32.2 Å². The number of amides is 3. The van der Waals surface area contributed by atoms with Crippen LogP contribution in [0.5, 0.6) is 0 Å². The summed E-state index contributed by atoms with van der Waals surface area (Å²) in [5, 5.41) is 3.12. The minimum absolute atomic E-state index is 0.0155. The fraction of sp³-hybridized carbons (Fsp3) is 0.611. The van der Waals surface area contributed by atoms with Gasteiger partial charge in [0, 0.05) is 44.5 Å². The average Bonchev–Trinajstić information content (AvgIpc) is 2.64. The van der Waals surface area contributed by atoms with Crippen LogP contribution >= 0.6 is 0 Å². The molecule has 1 saturated heterocycles. The Labute approximate surface area is 147 Å². The topological polar surface area (TPSA) is 74.7 Å². The maximum Gasteiger partial charge on any atom is 0.317 e. The highest BCUT2D eigenvalue weighted by molar-refractivity contribution is 5.77. The van der Waals surface area contributed by atoms with Gasteiger partial charge in [0.2, 0.25) is 5.91 Å². The highest BCUT2D eigenvalue weighted by Crippen LogP contribution is 2.17. The number of nitrogens with one attached hydrogen (secondary N) is 1. The second-order valence-corrected chi connectivity index (χ2v) is 6.82. The van der Waals surface area contributed by atoms with E-state index < -0.39 is 0 Å². The molecule has 0 atom stereocenters. The van der Waals surface area contributed by atoms with Crippen molar-refractivity contribution in [1.82, 2.24) is 19.7 Å². The third-order valence-electron chi connectivity index (χ3n) is 5.06. The summed E-state index contributed by atoms with van der Waals surface area (Å²) in [6.45, 7) is 2.15. The molecule has 1 aromatic heterocycles. The fourth-order valence-electron chi connectivity index (χ4n) is 3.51. The molecular formula is C18H26N4O3. The summed E-state index contributed by atoms with van der Waals surface area (Å²) in [4.78, 5) is 39.9. The fourth-order valence-corrected chi connectivity index (χ4v) is 3.51. The molecule has 0 radical (unpaired) electrons. The normalized spacial score (nSPS) is 18.9. The molecule has 2 aliphatic rings. The van der Waals surface area contributed by atoms with Crippen LogP contribution in [0.15, 0.2) is 29.2 Å². The molecule has 1 saturated carbocycles. The molecule has 1 aliphatic heterocycles. The quantitative estimate of drug-likeness (QED) is 0.888. The van der Waals surface area contributed by atoms with Gasteiger partial charge in [0.05, 0.1) is 0 Å². The van der Waals surface area contributed by atoms with E-state index in [1.807, 2.05) is 0 Å². The lowest BCUT2D eigenvalue weighted by Gasteiger charge is -2.36. The van der Waals surface area contributed by atoms with Crippen LogP contribution in [0.3, 0.4) is 0 Å². The zero-order valence-corrected chi connectivity index (χ0v) is 14.5. The zero-order chi connectivity index (χ0) is 17.6. The number of hydrogen-bond donors (Lipinski definition) is 1. The summed E-state index contributed by atoms with van der Waals surface area (Å²) in [7, 11) is 0. The minimum Gasteiger partial charge on any atom is -0.338 e. The van der Waals surface area contributed by atoms with E-state index in [-0.39, 0.29) is 24.0 Å². The van der Waals surface area contributed by atoms with Crippen molar-refractivity contribution in [3.05, 3.63) is 34.7 Å². The Morgan fingerprint density at radius 2 is 1.68 bits per heavy atom. The Kier molecular flexibility index (Phi) is 5.73. The van der Waals surface area contributed by atoms with Gasteiger partial charge in [-0.15, -0.1) is 0 Å². The molecule has 0 bridgehead atoms. The van der Waals surface area contributed by atoms with Gasteiger partial charge >= 0.3 is 6.03 Å². The van der Waals surface area contributed by atoms with Crippen LogP contribution in [-0.2, 0) is 11.3 Å². The monoisotopic (exact) mass is 346 g/mol. The summed E-state index contributed by atoms with van der Waals surface area (Å²) in [5.74, 6) is -0.0827. The van der Waals surface area contributed by atoms with Gasteiger partial charge in [0.15, 0.2) is 0 Å². The molecule has 3 rings (SSSR count). The van der Waals surface area contributed by atoms with Crippen LogP contribution in [0.2, 0.25) is 0 Å². The zero-order valence-electron chi connectivity index (χ0n) is 14.5. The van der Waals surface area contributed by atoms with Crippen molar-refractivity contribution in [3.63, 3.8) is 0 Å². The van der Waals surface area contributed by atoms with Crippen molar-refractivity contribution in [1.29, 1.82) is 0 Å². The van der Waals surface area contributed by atoms with Crippen molar-refractivity contribution in [2.24, 2.45) is 0 Å². The summed E-state index contributed by atoms with van der Waals surface area (Å²) in [5.41, 5.74) is -0.179. The molecular weight excluding hydrogens is 320 g/mol. The van der Waals surface area contributed by atoms with Crippen molar-refractivity contribution in [2.45, 2.75) is 44.7 Å². The first-order chi connectivity index (χ1) is 12.1. The first kappa shape index (κ1) is 17.5. The molecule has 136 valence electrons. The summed E-state index contributed by atoms with van der Waals surface area (Å²) >= 11 is 0. The Balaban J connectivity index is 1.46. The van der Waals surface area contributed by atoms with Crippen LogP contribution in [0.4, 0.5) is 4.79 Å². The number of urea groups is 1. The number of carbonyl (C=O) groups is 2. The number of aromatic nitrogens is 1. The SMILES string of the molecule is O=C(Cn1ccccc1=O)N1CCN(C(=O)NC2CCCCC2)CC1. The van der Waals surface area contributed by atoms with Gasteiger partial charge < -0.3 is 19.7 Å². The summed E-state index contributed by atoms with van der Waals surface area (Å²) < 4.78 is 1.41. The van der Waals surface area contributed by atoms with Crippen molar-refractivity contribution >= 4 is 11.9 Å². The predicted octanol–water partition coefficient (Wildman–Crippen LogP) is 1.03. The Hall–Kier alpha value is -2.31. The van der Waals surface area contributed by atoms with Crippen molar-refractivity contribution in [2.75, 3.05) is 26.2 Å².